The quantitative estimate of drug-likeness (QED) is 0.863. The van der Waals surface area contributed by atoms with Gasteiger partial charge >= 0.3 is 0 Å². The van der Waals surface area contributed by atoms with Gasteiger partial charge in [-0.05, 0) is 30.2 Å². The third kappa shape index (κ3) is 3.82. The SMILES string of the molecule is CCNC(c1ccc(S(C)(=O)=O)cc1)C(C)CC. The van der Waals surface area contributed by atoms with Gasteiger partial charge < -0.3 is 5.32 Å². The molecule has 1 aromatic rings. The molecule has 0 bridgehead atoms. The highest BCUT2D eigenvalue weighted by Gasteiger charge is 2.17. The van der Waals surface area contributed by atoms with E-state index in [-0.39, 0.29) is 6.04 Å². The molecule has 1 aromatic carbocycles. The molecule has 0 aliphatic heterocycles. The van der Waals surface area contributed by atoms with E-state index in [0.29, 0.717) is 10.8 Å². The van der Waals surface area contributed by atoms with Crippen LogP contribution in [-0.4, -0.2) is 21.2 Å². The zero-order chi connectivity index (χ0) is 13.8. The maximum absolute atomic E-state index is 11.4. The minimum absolute atomic E-state index is 0.286. The second kappa shape index (κ2) is 6.34. The zero-order valence-corrected chi connectivity index (χ0v) is 12.4. The van der Waals surface area contributed by atoms with Gasteiger partial charge in [-0.2, -0.15) is 0 Å². The Balaban J connectivity index is 3.01. The van der Waals surface area contributed by atoms with E-state index in [9.17, 15) is 8.42 Å². The molecule has 0 saturated heterocycles. The van der Waals surface area contributed by atoms with Gasteiger partial charge in [0.15, 0.2) is 9.84 Å². The van der Waals surface area contributed by atoms with Crippen LogP contribution < -0.4 is 5.32 Å². The monoisotopic (exact) mass is 269 g/mol. The molecule has 1 rings (SSSR count). The van der Waals surface area contributed by atoms with E-state index in [2.05, 4.69) is 26.1 Å². The molecule has 1 N–H and O–H groups in total. The van der Waals surface area contributed by atoms with Crippen molar-refractivity contribution in [3.05, 3.63) is 29.8 Å². The number of benzene rings is 1. The van der Waals surface area contributed by atoms with Gasteiger partial charge in [-0.15, -0.1) is 0 Å². The van der Waals surface area contributed by atoms with E-state index in [1.54, 1.807) is 12.1 Å². The van der Waals surface area contributed by atoms with Crippen molar-refractivity contribution < 1.29 is 8.42 Å². The molecule has 4 heteroatoms. The van der Waals surface area contributed by atoms with Gasteiger partial charge in [-0.3, -0.25) is 0 Å². The average Bonchev–Trinajstić information content (AvgIpc) is 2.34. The highest BCUT2D eigenvalue weighted by Crippen LogP contribution is 2.25. The summed E-state index contributed by atoms with van der Waals surface area (Å²) in [5.41, 5.74) is 1.15. The summed E-state index contributed by atoms with van der Waals surface area (Å²) in [6.45, 7) is 7.36. The maximum atomic E-state index is 11.4. The zero-order valence-electron chi connectivity index (χ0n) is 11.6. The van der Waals surface area contributed by atoms with E-state index in [4.69, 9.17) is 0 Å². The average molecular weight is 269 g/mol. The van der Waals surface area contributed by atoms with Crippen LogP contribution in [0.25, 0.3) is 0 Å². The fraction of sp³-hybridized carbons (Fsp3) is 0.571. The molecule has 0 spiro atoms. The lowest BCUT2D eigenvalue weighted by molar-refractivity contribution is 0.384. The largest absolute Gasteiger partial charge is 0.310 e. The van der Waals surface area contributed by atoms with Crippen molar-refractivity contribution in [3.8, 4) is 0 Å². The second-order valence-corrected chi connectivity index (χ2v) is 6.78. The molecule has 18 heavy (non-hydrogen) atoms. The summed E-state index contributed by atoms with van der Waals surface area (Å²) in [7, 11) is -3.10. The van der Waals surface area contributed by atoms with Crippen LogP contribution in [0.1, 0.15) is 38.8 Å². The first kappa shape index (κ1) is 15.2. The van der Waals surface area contributed by atoms with Crippen LogP contribution >= 0.6 is 0 Å². The number of nitrogens with one attached hydrogen (secondary N) is 1. The molecular formula is C14H23NO2S. The fourth-order valence-electron chi connectivity index (χ4n) is 2.03. The predicted octanol–water partition coefficient (Wildman–Crippen LogP) is 2.79. The normalized spacial score (nSPS) is 15.3. The molecule has 0 aliphatic rings. The van der Waals surface area contributed by atoms with Crippen molar-refractivity contribution in [1.29, 1.82) is 0 Å². The van der Waals surface area contributed by atoms with Crippen LogP contribution in [0.4, 0.5) is 0 Å². The van der Waals surface area contributed by atoms with E-state index in [1.165, 1.54) is 6.26 Å². The number of sulfone groups is 1. The molecule has 2 unspecified atom stereocenters. The molecule has 0 fully saturated rings. The van der Waals surface area contributed by atoms with Crippen molar-refractivity contribution in [2.45, 2.75) is 38.1 Å². The topological polar surface area (TPSA) is 46.2 Å². The van der Waals surface area contributed by atoms with Gasteiger partial charge in [0.25, 0.3) is 0 Å². The smallest absolute Gasteiger partial charge is 0.175 e. The second-order valence-electron chi connectivity index (χ2n) is 4.76. The van der Waals surface area contributed by atoms with Crippen LogP contribution in [0.15, 0.2) is 29.2 Å². The Hall–Kier alpha value is -0.870. The molecule has 0 heterocycles. The van der Waals surface area contributed by atoms with E-state index < -0.39 is 9.84 Å². The molecule has 0 amide bonds. The Bertz CT molecular complexity index is 465. The first-order valence-electron chi connectivity index (χ1n) is 6.43. The fourth-order valence-corrected chi connectivity index (χ4v) is 2.66. The predicted molar refractivity (Wildman–Crippen MR) is 75.4 cm³/mol. The maximum Gasteiger partial charge on any atom is 0.175 e. The van der Waals surface area contributed by atoms with Crippen molar-refractivity contribution >= 4 is 9.84 Å². The van der Waals surface area contributed by atoms with Crippen molar-refractivity contribution in [2.75, 3.05) is 12.8 Å². The molecule has 0 aromatic heterocycles. The molecule has 2 atom stereocenters. The highest BCUT2D eigenvalue weighted by atomic mass is 32.2. The van der Waals surface area contributed by atoms with E-state index in [0.717, 1.165) is 18.5 Å². The number of hydrogen-bond acceptors (Lipinski definition) is 3. The third-order valence-corrected chi connectivity index (χ3v) is 4.43. The lowest BCUT2D eigenvalue weighted by Crippen LogP contribution is -2.26. The van der Waals surface area contributed by atoms with Crippen LogP contribution in [0, 0.1) is 5.92 Å². The van der Waals surface area contributed by atoms with Gasteiger partial charge in [0.05, 0.1) is 4.90 Å². The molecule has 3 nitrogen and oxygen atoms in total. The summed E-state index contributed by atoms with van der Waals surface area (Å²) < 4.78 is 22.8. The van der Waals surface area contributed by atoms with Crippen molar-refractivity contribution in [3.63, 3.8) is 0 Å². The number of rotatable bonds is 6. The third-order valence-electron chi connectivity index (χ3n) is 3.30. The molecule has 0 radical (unpaired) electrons. The lowest BCUT2D eigenvalue weighted by Gasteiger charge is -2.24. The van der Waals surface area contributed by atoms with E-state index in [1.807, 2.05) is 12.1 Å². The van der Waals surface area contributed by atoms with Gasteiger partial charge in [0, 0.05) is 12.3 Å². The molecule has 102 valence electrons. The Labute approximate surface area is 111 Å². The summed E-state index contributed by atoms with van der Waals surface area (Å²) in [6.07, 6.45) is 2.32. The summed E-state index contributed by atoms with van der Waals surface area (Å²) in [4.78, 5) is 0.380. The summed E-state index contributed by atoms with van der Waals surface area (Å²) in [5.74, 6) is 0.522. The highest BCUT2D eigenvalue weighted by molar-refractivity contribution is 7.90. The van der Waals surface area contributed by atoms with E-state index >= 15 is 0 Å². The standard InChI is InChI=1S/C14H23NO2S/c1-5-11(3)14(15-6-2)12-7-9-13(10-8-12)18(4,16)17/h7-11,14-15H,5-6H2,1-4H3. The molecule has 0 saturated carbocycles. The van der Waals surface area contributed by atoms with Crippen LogP contribution in [0.5, 0.6) is 0 Å². The Kier molecular flexibility index (Phi) is 5.35. The van der Waals surface area contributed by atoms with Crippen molar-refractivity contribution in [2.24, 2.45) is 5.92 Å². The van der Waals surface area contributed by atoms with Gasteiger partial charge in [0.2, 0.25) is 0 Å². The van der Waals surface area contributed by atoms with Gasteiger partial charge in [-0.25, -0.2) is 8.42 Å². The van der Waals surface area contributed by atoms with Gasteiger partial charge in [-0.1, -0.05) is 39.3 Å². The minimum Gasteiger partial charge on any atom is -0.310 e. The van der Waals surface area contributed by atoms with Gasteiger partial charge in [0.1, 0.15) is 0 Å². The summed E-state index contributed by atoms with van der Waals surface area (Å²) in [6, 6.07) is 7.49. The Morgan fingerprint density at radius 1 is 1.17 bits per heavy atom. The molecule has 0 aliphatic carbocycles. The minimum atomic E-state index is -3.10. The van der Waals surface area contributed by atoms with Crippen LogP contribution in [0.3, 0.4) is 0 Å². The molecular weight excluding hydrogens is 246 g/mol. The number of hydrogen-bond donors (Lipinski definition) is 1. The van der Waals surface area contributed by atoms with Crippen LogP contribution in [0.2, 0.25) is 0 Å². The Morgan fingerprint density at radius 3 is 2.11 bits per heavy atom. The summed E-state index contributed by atoms with van der Waals surface area (Å²) >= 11 is 0. The lowest BCUT2D eigenvalue weighted by atomic mass is 9.92. The first-order chi connectivity index (χ1) is 8.40. The van der Waals surface area contributed by atoms with Crippen LogP contribution in [-0.2, 0) is 9.84 Å². The summed E-state index contributed by atoms with van der Waals surface area (Å²) in [5, 5.41) is 3.46. The van der Waals surface area contributed by atoms with Crippen molar-refractivity contribution in [1.82, 2.24) is 5.32 Å². The first-order valence-corrected chi connectivity index (χ1v) is 8.32. The Morgan fingerprint density at radius 2 is 1.72 bits per heavy atom.